The second-order valence-corrected chi connectivity index (χ2v) is 12.7. The molecule has 0 rings (SSSR count). The average Bonchev–Trinajstić information content (AvgIpc) is 3.10. The number of rotatable bonds is 34. The summed E-state index contributed by atoms with van der Waals surface area (Å²) in [5.41, 5.74) is 0. The third-order valence-electron chi connectivity index (χ3n) is 7.87. The van der Waals surface area contributed by atoms with Gasteiger partial charge in [0, 0.05) is 12.8 Å². The molecule has 0 heterocycles. The van der Waals surface area contributed by atoms with Crippen molar-refractivity contribution >= 4 is 11.9 Å². The molecule has 0 amide bonds. The molecule has 0 spiro atoms. The maximum Gasteiger partial charge on any atom is 0.306 e. The van der Waals surface area contributed by atoms with Crippen molar-refractivity contribution in [2.75, 3.05) is 13.2 Å². The molecule has 278 valence electrons. The van der Waals surface area contributed by atoms with E-state index in [0.717, 1.165) is 64.2 Å². The Labute approximate surface area is 301 Å². The number of hydrogen-bond acceptors (Lipinski definition) is 5. The van der Waals surface area contributed by atoms with Gasteiger partial charge >= 0.3 is 11.9 Å². The molecule has 0 aliphatic heterocycles. The van der Waals surface area contributed by atoms with Crippen molar-refractivity contribution in [3.05, 3.63) is 85.1 Å². The molecule has 0 bridgehead atoms. The lowest BCUT2D eigenvalue weighted by Gasteiger charge is -2.12. The Morgan fingerprint density at radius 1 is 0.429 bits per heavy atom. The second kappa shape index (κ2) is 39.5. The highest BCUT2D eigenvalue weighted by Gasteiger charge is 2.11. The summed E-state index contributed by atoms with van der Waals surface area (Å²) in [4.78, 5) is 23.9. The Morgan fingerprint density at radius 2 is 0.755 bits per heavy atom. The summed E-state index contributed by atoms with van der Waals surface area (Å²) in [7, 11) is 0. The third-order valence-corrected chi connectivity index (χ3v) is 7.87. The van der Waals surface area contributed by atoms with Gasteiger partial charge in [-0.2, -0.15) is 0 Å². The Kier molecular flexibility index (Phi) is 37.2. The number of esters is 2. The van der Waals surface area contributed by atoms with Crippen molar-refractivity contribution in [2.24, 2.45) is 0 Å². The predicted octanol–water partition coefficient (Wildman–Crippen LogP) is 12.3. The standard InChI is InChI=1S/C44H72O5/c1-3-5-7-9-11-13-15-17-19-21-22-23-25-27-29-31-33-35-37-39-44(47)49-41-42(45)40-48-43(46)38-36-34-32-30-28-26-24-20-18-16-14-12-10-8-6-4-2/h11,13-14,16-17,19-20,22-24,27,29,33,35,42,45H,3-10,12,15,18,21,25-26,28,30-32,34,36-41H2,1-2H3/b13-11-,16-14-,19-17-,23-22-,24-20-,29-27-,35-33-/t42-/m1/s1. The summed E-state index contributed by atoms with van der Waals surface area (Å²) in [6.07, 6.45) is 53.5. The fraction of sp³-hybridized carbons (Fsp3) is 0.636. The molecule has 0 aromatic rings. The highest BCUT2D eigenvalue weighted by Crippen LogP contribution is 2.09. The van der Waals surface area contributed by atoms with Crippen LogP contribution in [-0.4, -0.2) is 36.4 Å². The van der Waals surface area contributed by atoms with E-state index in [-0.39, 0.29) is 31.6 Å². The van der Waals surface area contributed by atoms with E-state index in [4.69, 9.17) is 9.47 Å². The monoisotopic (exact) mass is 681 g/mol. The quantitative estimate of drug-likeness (QED) is 0.0416. The van der Waals surface area contributed by atoms with Gasteiger partial charge in [0.25, 0.3) is 0 Å². The fourth-order valence-corrected chi connectivity index (χ4v) is 4.86. The zero-order chi connectivity index (χ0) is 35.7. The summed E-state index contributed by atoms with van der Waals surface area (Å²) < 4.78 is 10.3. The van der Waals surface area contributed by atoms with Gasteiger partial charge in [0.15, 0.2) is 0 Å². The number of unbranched alkanes of at least 4 members (excludes halogenated alkanes) is 12. The van der Waals surface area contributed by atoms with Gasteiger partial charge < -0.3 is 14.6 Å². The van der Waals surface area contributed by atoms with Crippen molar-refractivity contribution < 1.29 is 24.2 Å². The summed E-state index contributed by atoms with van der Waals surface area (Å²) in [5, 5.41) is 10.00. The number of allylic oxidation sites excluding steroid dienone is 14. The van der Waals surface area contributed by atoms with Gasteiger partial charge in [-0.1, -0.05) is 150 Å². The van der Waals surface area contributed by atoms with Crippen LogP contribution < -0.4 is 0 Å². The number of carbonyl (C=O) groups excluding carboxylic acids is 2. The van der Waals surface area contributed by atoms with E-state index in [1.165, 1.54) is 64.2 Å². The average molecular weight is 681 g/mol. The molecule has 1 N–H and O–H groups in total. The van der Waals surface area contributed by atoms with Crippen LogP contribution in [0.1, 0.15) is 162 Å². The normalized spacial score (nSPS) is 13.1. The van der Waals surface area contributed by atoms with Gasteiger partial charge in [-0.25, -0.2) is 0 Å². The summed E-state index contributed by atoms with van der Waals surface area (Å²) in [6, 6.07) is 0. The van der Waals surface area contributed by atoms with Crippen LogP contribution in [0, 0.1) is 0 Å². The highest BCUT2D eigenvalue weighted by atomic mass is 16.6. The lowest BCUT2D eigenvalue weighted by Crippen LogP contribution is -2.25. The molecule has 0 aromatic heterocycles. The minimum Gasteiger partial charge on any atom is -0.463 e. The van der Waals surface area contributed by atoms with Gasteiger partial charge in [0.2, 0.25) is 0 Å². The minimum absolute atomic E-state index is 0.151. The van der Waals surface area contributed by atoms with Crippen molar-refractivity contribution in [1.82, 2.24) is 0 Å². The van der Waals surface area contributed by atoms with E-state index in [1.807, 2.05) is 12.2 Å². The van der Waals surface area contributed by atoms with Crippen molar-refractivity contribution in [3.63, 3.8) is 0 Å². The Balaban J connectivity index is 3.62. The van der Waals surface area contributed by atoms with Crippen LogP contribution in [0.5, 0.6) is 0 Å². The molecule has 0 aromatic carbocycles. The van der Waals surface area contributed by atoms with Gasteiger partial charge in [-0.05, 0) is 83.5 Å². The zero-order valence-corrected chi connectivity index (χ0v) is 31.4. The maximum atomic E-state index is 12.0. The van der Waals surface area contributed by atoms with Crippen LogP contribution >= 0.6 is 0 Å². The molecular weight excluding hydrogens is 608 g/mol. The summed E-state index contributed by atoms with van der Waals surface area (Å²) >= 11 is 0. The molecule has 1 atom stereocenters. The van der Waals surface area contributed by atoms with Crippen LogP contribution in [-0.2, 0) is 19.1 Å². The molecule has 0 aliphatic rings. The molecular formula is C44H72O5. The zero-order valence-electron chi connectivity index (χ0n) is 31.4. The van der Waals surface area contributed by atoms with Crippen LogP contribution in [0.4, 0.5) is 0 Å². The molecule has 0 saturated carbocycles. The van der Waals surface area contributed by atoms with Crippen molar-refractivity contribution in [1.29, 1.82) is 0 Å². The molecule has 0 fully saturated rings. The first-order valence-corrected chi connectivity index (χ1v) is 19.6. The summed E-state index contributed by atoms with van der Waals surface area (Å²) in [5.74, 6) is -0.681. The number of hydrogen-bond donors (Lipinski definition) is 1. The van der Waals surface area contributed by atoms with Crippen LogP contribution in [0.15, 0.2) is 85.1 Å². The van der Waals surface area contributed by atoms with Crippen LogP contribution in [0.3, 0.4) is 0 Å². The lowest BCUT2D eigenvalue weighted by molar-refractivity contribution is -0.152. The van der Waals surface area contributed by atoms with Gasteiger partial charge in [0.05, 0.1) is 0 Å². The highest BCUT2D eigenvalue weighted by molar-refractivity contribution is 5.70. The number of carbonyl (C=O) groups is 2. The Morgan fingerprint density at radius 3 is 1.22 bits per heavy atom. The molecule has 0 aliphatic carbocycles. The first-order valence-electron chi connectivity index (χ1n) is 19.6. The van der Waals surface area contributed by atoms with E-state index < -0.39 is 6.10 Å². The van der Waals surface area contributed by atoms with Crippen molar-refractivity contribution in [2.45, 2.75) is 168 Å². The van der Waals surface area contributed by atoms with E-state index in [0.29, 0.717) is 12.8 Å². The fourth-order valence-electron chi connectivity index (χ4n) is 4.86. The largest absolute Gasteiger partial charge is 0.463 e. The second-order valence-electron chi connectivity index (χ2n) is 12.7. The van der Waals surface area contributed by atoms with Gasteiger partial charge in [0.1, 0.15) is 19.3 Å². The number of ether oxygens (including phenoxy) is 2. The molecule has 0 radical (unpaired) electrons. The lowest BCUT2D eigenvalue weighted by atomic mass is 10.1. The van der Waals surface area contributed by atoms with Gasteiger partial charge in [-0.3, -0.25) is 9.59 Å². The van der Waals surface area contributed by atoms with E-state index >= 15 is 0 Å². The van der Waals surface area contributed by atoms with Crippen LogP contribution in [0.25, 0.3) is 0 Å². The molecule has 5 heteroatoms. The Hall–Kier alpha value is -2.92. The van der Waals surface area contributed by atoms with Crippen LogP contribution in [0.2, 0.25) is 0 Å². The first kappa shape index (κ1) is 46.1. The summed E-state index contributed by atoms with van der Waals surface area (Å²) in [6.45, 7) is 4.16. The van der Waals surface area contributed by atoms with Gasteiger partial charge in [-0.15, -0.1) is 0 Å². The van der Waals surface area contributed by atoms with E-state index in [2.05, 4.69) is 86.8 Å². The molecule has 0 saturated heterocycles. The SMILES string of the molecule is CCCCC/C=C\C/C=C\C/C=C\C/C=C\C/C=C\CCC(=O)OC[C@H](O)COC(=O)CCCCCCC/C=C\C/C=C\CCCCCC. The number of aliphatic hydroxyl groups is 1. The topological polar surface area (TPSA) is 72.8 Å². The molecule has 49 heavy (non-hydrogen) atoms. The van der Waals surface area contributed by atoms with E-state index in [9.17, 15) is 14.7 Å². The minimum atomic E-state index is -1.00. The first-order chi connectivity index (χ1) is 24.1. The predicted molar refractivity (Wildman–Crippen MR) is 209 cm³/mol. The maximum absolute atomic E-state index is 12.0. The number of aliphatic hydroxyl groups excluding tert-OH is 1. The molecule has 0 unspecified atom stereocenters. The smallest absolute Gasteiger partial charge is 0.306 e. The molecule has 5 nitrogen and oxygen atoms in total. The third kappa shape index (κ3) is 39.4. The van der Waals surface area contributed by atoms with E-state index in [1.54, 1.807) is 0 Å². The Bertz CT molecular complexity index is 952. The van der Waals surface area contributed by atoms with Crippen molar-refractivity contribution in [3.8, 4) is 0 Å².